The van der Waals surface area contributed by atoms with Crippen LogP contribution in [0.25, 0.3) is 10.2 Å². The molecule has 7 nitrogen and oxygen atoms in total. The van der Waals surface area contributed by atoms with Crippen LogP contribution in [0.2, 0.25) is 0 Å². The Labute approximate surface area is 173 Å². The zero-order chi connectivity index (χ0) is 20.8. The number of amides is 1. The van der Waals surface area contributed by atoms with Gasteiger partial charge in [-0.15, -0.1) is 0 Å². The molecule has 0 atom stereocenters. The van der Waals surface area contributed by atoms with Crippen LogP contribution in [-0.4, -0.2) is 45.0 Å². The number of nitrogens with zero attached hydrogens (tertiary/aromatic N) is 2. The van der Waals surface area contributed by atoms with E-state index in [9.17, 15) is 4.79 Å². The van der Waals surface area contributed by atoms with Crippen LogP contribution in [0.5, 0.6) is 17.2 Å². The van der Waals surface area contributed by atoms with E-state index in [0.29, 0.717) is 47.4 Å². The summed E-state index contributed by atoms with van der Waals surface area (Å²) in [6.07, 6.45) is 0. The number of hydrogen-bond donors (Lipinski definition) is 0. The second-order valence-electron chi connectivity index (χ2n) is 6.06. The molecule has 29 heavy (non-hydrogen) atoms. The van der Waals surface area contributed by atoms with Crippen molar-refractivity contribution >= 4 is 27.5 Å². The predicted molar refractivity (Wildman–Crippen MR) is 112 cm³/mol. The van der Waals surface area contributed by atoms with Gasteiger partial charge < -0.3 is 23.5 Å². The molecular formula is C21H24N2O5S. The predicted octanol–water partition coefficient (Wildman–Crippen LogP) is 3.51. The van der Waals surface area contributed by atoms with Crippen LogP contribution in [0.4, 0.5) is 0 Å². The van der Waals surface area contributed by atoms with Crippen molar-refractivity contribution in [1.82, 2.24) is 4.57 Å². The minimum atomic E-state index is -0.334. The van der Waals surface area contributed by atoms with E-state index < -0.39 is 0 Å². The fourth-order valence-corrected chi connectivity index (χ4v) is 3.97. The molecule has 0 aliphatic rings. The smallest absolute Gasteiger partial charge is 0.279 e. The summed E-state index contributed by atoms with van der Waals surface area (Å²) in [5.74, 6) is 1.53. The van der Waals surface area contributed by atoms with Gasteiger partial charge in [0, 0.05) is 30.8 Å². The molecule has 0 N–H and O–H groups in total. The number of fused-ring (bicyclic) bond motifs is 1. The monoisotopic (exact) mass is 416 g/mol. The van der Waals surface area contributed by atoms with Crippen LogP contribution in [0, 0.1) is 0 Å². The average Bonchev–Trinajstić information content (AvgIpc) is 3.08. The topological polar surface area (TPSA) is 71.3 Å². The Morgan fingerprint density at radius 2 is 1.83 bits per heavy atom. The van der Waals surface area contributed by atoms with Crippen molar-refractivity contribution in [2.24, 2.45) is 4.99 Å². The van der Waals surface area contributed by atoms with Gasteiger partial charge in [0.25, 0.3) is 5.91 Å². The number of carbonyl (C=O) groups is 1. The van der Waals surface area contributed by atoms with Gasteiger partial charge in [0.1, 0.15) is 5.75 Å². The van der Waals surface area contributed by atoms with Gasteiger partial charge in [-0.25, -0.2) is 0 Å². The molecule has 1 amide bonds. The molecule has 0 bridgehead atoms. The molecule has 0 aliphatic heterocycles. The van der Waals surface area contributed by atoms with E-state index in [1.54, 1.807) is 45.6 Å². The van der Waals surface area contributed by atoms with E-state index in [1.165, 1.54) is 11.3 Å². The third-order valence-electron chi connectivity index (χ3n) is 4.37. The maximum absolute atomic E-state index is 12.8. The van der Waals surface area contributed by atoms with Gasteiger partial charge in [-0.1, -0.05) is 17.4 Å². The van der Waals surface area contributed by atoms with Crippen molar-refractivity contribution in [1.29, 1.82) is 0 Å². The van der Waals surface area contributed by atoms with Crippen molar-refractivity contribution in [3.8, 4) is 17.2 Å². The summed E-state index contributed by atoms with van der Waals surface area (Å²) in [5.41, 5.74) is 1.37. The normalized spacial score (nSPS) is 11.7. The first kappa shape index (κ1) is 20.9. The Morgan fingerprint density at radius 1 is 1.07 bits per heavy atom. The molecule has 1 heterocycles. The number of benzene rings is 2. The van der Waals surface area contributed by atoms with Crippen LogP contribution in [-0.2, 0) is 11.3 Å². The van der Waals surface area contributed by atoms with Crippen LogP contribution < -0.4 is 19.0 Å². The SMILES string of the molecule is CCOCCn1c(=NC(=O)c2cccc(OC)c2)sc2cc(OC)c(OC)cc21. The van der Waals surface area contributed by atoms with Gasteiger partial charge in [0.2, 0.25) is 0 Å². The highest BCUT2D eigenvalue weighted by Crippen LogP contribution is 2.33. The number of aromatic nitrogens is 1. The third-order valence-corrected chi connectivity index (χ3v) is 5.41. The van der Waals surface area contributed by atoms with Gasteiger partial charge >= 0.3 is 0 Å². The molecular weight excluding hydrogens is 392 g/mol. The minimum absolute atomic E-state index is 0.334. The van der Waals surface area contributed by atoms with E-state index >= 15 is 0 Å². The summed E-state index contributed by atoms with van der Waals surface area (Å²) in [7, 11) is 4.76. The maximum atomic E-state index is 12.8. The Balaban J connectivity index is 2.12. The third kappa shape index (κ3) is 4.60. The van der Waals surface area contributed by atoms with Gasteiger partial charge in [-0.05, 0) is 25.1 Å². The molecule has 0 saturated carbocycles. The molecule has 0 radical (unpaired) electrons. The summed E-state index contributed by atoms with van der Waals surface area (Å²) in [5, 5.41) is 0. The van der Waals surface area contributed by atoms with Crippen LogP contribution in [0.15, 0.2) is 41.4 Å². The Hall–Kier alpha value is -2.84. The number of methoxy groups -OCH3 is 3. The summed E-state index contributed by atoms with van der Waals surface area (Å²) < 4.78 is 24.5. The number of rotatable bonds is 8. The number of carbonyl (C=O) groups excluding carboxylic acids is 1. The molecule has 0 spiro atoms. The van der Waals surface area contributed by atoms with Crippen LogP contribution in [0.1, 0.15) is 17.3 Å². The first-order valence-corrected chi connectivity index (χ1v) is 9.99. The highest BCUT2D eigenvalue weighted by molar-refractivity contribution is 7.16. The van der Waals surface area contributed by atoms with Gasteiger partial charge in [0.05, 0.1) is 38.2 Å². The molecule has 0 aliphatic carbocycles. The Bertz CT molecular complexity index is 1070. The van der Waals surface area contributed by atoms with Gasteiger partial charge in [-0.2, -0.15) is 4.99 Å². The van der Waals surface area contributed by atoms with Gasteiger partial charge in [0.15, 0.2) is 16.3 Å². The lowest BCUT2D eigenvalue weighted by atomic mass is 10.2. The fourth-order valence-electron chi connectivity index (χ4n) is 2.91. The van der Waals surface area contributed by atoms with E-state index in [1.807, 2.05) is 23.6 Å². The largest absolute Gasteiger partial charge is 0.497 e. The first-order chi connectivity index (χ1) is 14.1. The van der Waals surface area contributed by atoms with Crippen molar-refractivity contribution in [3.63, 3.8) is 0 Å². The summed E-state index contributed by atoms with van der Waals surface area (Å²) in [6.45, 7) is 3.64. The molecule has 8 heteroatoms. The molecule has 0 fully saturated rings. The second kappa shape index (κ2) is 9.58. The molecule has 2 aromatic carbocycles. The lowest BCUT2D eigenvalue weighted by Gasteiger charge is -2.09. The van der Waals surface area contributed by atoms with E-state index in [4.69, 9.17) is 18.9 Å². The zero-order valence-electron chi connectivity index (χ0n) is 16.9. The Kier molecular flexibility index (Phi) is 6.90. The summed E-state index contributed by atoms with van der Waals surface area (Å²) in [6, 6.07) is 10.7. The minimum Gasteiger partial charge on any atom is -0.497 e. The highest BCUT2D eigenvalue weighted by atomic mass is 32.1. The molecule has 0 saturated heterocycles. The maximum Gasteiger partial charge on any atom is 0.279 e. The molecule has 3 aromatic rings. The average molecular weight is 416 g/mol. The van der Waals surface area contributed by atoms with E-state index in [0.717, 1.165) is 10.2 Å². The van der Waals surface area contributed by atoms with Crippen molar-refractivity contribution in [2.75, 3.05) is 34.5 Å². The van der Waals surface area contributed by atoms with Crippen molar-refractivity contribution in [3.05, 3.63) is 46.8 Å². The Morgan fingerprint density at radius 3 is 2.52 bits per heavy atom. The van der Waals surface area contributed by atoms with Crippen LogP contribution in [0.3, 0.4) is 0 Å². The fraction of sp³-hybridized carbons (Fsp3) is 0.333. The highest BCUT2D eigenvalue weighted by Gasteiger charge is 2.14. The number of hydrogen-bond acceptors (Lipinski definition) is 6. The zero-order valence-corrected chi connectivity index (χ0v) is 17.7. The number of ether oxygens (including phenoxy) is 4. The lowest BCUT2D eigenvalue weighted by molar-refractivity contribution is 0.0996. The standard InChI is InChI=1S/C21H24N2O5S/c1-5-28-10-9-23-16-12-17(26-3)18(27-4)13-19(16)29-21(23)22-20(24)14-7-6-8-15(11-14)25-2/h6-8,11-13H,5,9-10H2,1-4H3. The van der Waals surface area contributed by atoms with Crippen molar-refractivity contribution in [2.45, 2.75) is 13.5 Å². The van der Waals surface area contributed by atoms with E-state index in [-0.39, 0.29) is 5.91 Å². The van der Waals surface area contributed by atoms with Gasteiger partial charge in [-0.3, -0.25) is 4.79 Å². The molecule has 1 aromatic heterocycles. The van der Waals surface area contributed by atoms with Crippen LogP contribution >= 0.6 is 11.3 Å². The lowest BCUT2D eigenvalue weighted by Crippen LogP contribution is -2.19. The summed E-state index contributed by atoms with van der Waals surface area (Å²) >= 11 is 1.42. The molecule has 0 unspecified atom stereocenters. The van der Waals surface area contributed by atoms with Crippen molar-refractivity contribution < 1.29 is 23.7 Å². The quantitative estimate of drug-likeness (QED) is 0.526. The molecule has 3 rings (SSSR count). The second-order valence-corrected chi connectivity index (χ2v) is 7.07. The number of thiazole rings is 1. The van der Waals surface area contributed by atoms with E-state index in [2.05, 4.69) is 4.99 Å². The first-order valence-electron chi connectivity index (χ1n) is 9.17. The summed E-state index contributed by atoms with van der Waals surface area (Å²) in [4.78, 5) is 17.7. The molecule has 154 valence electrons.